The number of rotatable bonds is 15. The zero-order chi connectivity index (χ0) is 36.6. The first-order valence-electron chi connectivity index (χ1n) is 17.0. The molecule has 0 saturated heterocycles. The Hall–Kier alpha value is -5.27. The highest BCUT2D eigenvalue weighted by Crippen LogP contribution is 2.37. The van der Waals surface area contributed by atoms with E-state index in [9.17, 15) is 14.7 Å². The van der Waals surface area contributed by atoms with Gasteiger partial charge in [0.15, 0.2) is 5.82 Å². The molecule has 0 radical (unpaired) electrons. The second-order valence-electron chi connectivity index (χ2n) is 13.3. The minimum absolute atomic E-state index is 0.0562. The minimum atomic E-state index is -2.75. The van der Waals surface area contributed by atoms with Gasteiger partial charge in [0.1, 0.15) is 16.8 Å². The summed E-state index contributed by atoms with van der Waals surface area (Å²) >= 11 is 0. The summed E-state index contributed by atoms with van der Waals surface area (Å²) in [5.41, 5.74) is 1.81. The molecule has 268 valence electrons. The number of amides is 1. The van der Waals surface area contributed by atoms with Gasteiger partial charge in [-0.05, 0) is 46.5 Å². The summed E-state index contributed by atoms with van der Waals surface area (Å²) in [4.78, 5) is 33.2. The van der Waals surface area contributed by atoms with Crippen LogP contribution in [0.3, 0.4) is 0 Å². The smallest absolute Gasteiger partial charge is 0.413 e. The molecule has 51 heavy (non-hydrogen) atoms. The van der Waals surface area contributed by atoms with Crippen molar-refractivity contribution >= 4 is 53.6 Å². The van der Waals surface area contributed by atoms with Gasteiger partial charge in [-0.2, -0.15) is 10.1 Å². The number of carboxylic acid groups (broad SMARTS) is 1. The van der Waals surface area contributed by atoms with Gasteiger partial charge in [0.05, 0.1) is 32.5 Å². The molecule has 1 amide bonds. The number of ether oxygens (including phenoxy) is 2. The number of aromatic carboxylic acids is 1. The molecule has 0 spiro atoms. The number of anilines is 2. The molecule has 2 heterocycles. The number of benzene rings is 3. The van der Waals surface area contributed by atoms with Crippen LogP contribution in [0.25, 0.3) is 11.0 Å². The highest BCUT2D eigenvalue weighted by molar-refractivity contribution is 6.99. The van der Waals surface area contributed by atoms with E-state index in [0.29, 0.717) is 41.2 Å². The van der Waals surface area contributed by atoms with Crippen molar-refractivity contribution < 1.29 is 28.6 Å². The number of aromatic nitrogens is 4. The number of carbonyl (C=O) groups is 2. The molecular weight excluding hydrogens is 665 g/mol. The molecular formula is C38H46N6O6Si. The summed E-state index contributed by atoms with van der Waals surface area (Å²) in [6.07, 6.45) is 3.27. The number of carbonyl (C=O) groups excluding carboxylic acids is 1. The molecule has 0 aliphatic rings. The van der Waals surface area contributed by atoms with Crippen LogP contribution in [0.4, 0.5) is 16.6 Å². The Kier molecular flexibility index (Phi) is 11.7. The van der Waals surface area contributed by atoms with Gasteiger partial charge in [0, 0.05) is 18.2 Å². The van der Waals surface area contributed by atoms with Gasteiger partial charge >= 0.3 is 12.1 Å². The highest BCUT2D eigenvalue weighted by atomic mass is 28.4. The van der Waals surface area contributed by atoms with Gasteiger partial charge in [-0.1, -0.05) is 94.8 Å². The van der Waals surface area contributed by atoms with Gasteiger partial charge < -0.3 is 24.3 Å². The van der Waals surface area contributed by atoms with E-state index in [1.54, 1.807) is 23.0 Å². The predicted octanol–water partition coefficient (Wildman–Crippen LogP) is 6.31. The molecule has 3 aromatic carbocycles. The maximum absolute atomic E-state index is 12.2. The van der Waals surface area contributed by atoms with Crippen molar-refractivity contribution in [3.05, 3.63) is 96.2 Å². The molecule has 0 saturated carbocycles. The van der Waals surface area contributed by atoms with Crippen molar-refractivity contribution in [3.8, 4) is 5.75 Å². The lowest BCUT2D eigenvalue weighted by atomic mass is 10.1. The van der Waals surface area contributed by atoms with E-state index in [-0.39, 0.29) is 29.1 Å². The molecule has 0 unspecified atom stereocenters. The van der Waals surface area contributed by atoms with Crippen LogP contribution in [0.2, 0.25) is 5.04 Å². The van der Waals surface area contributed by atoms with Crippen LogP contribution in [0, 0.1) is 0 Å². The van der Waals surface area contributed by atoms with Crippen molar-refractivity contribution in [3.63, 3.8) is 0 Å². The third-order valence-corrected chi connectivity index (χ3v) is 14.0. The maximum atomic E-state index is 12.2. The average molecular weight is 711 g/mol. The lowest BCUT2D eigenvalue weighted by Crippen LogP contribution is -2.66. The maximum Gasteiger partial charge on any atom is 0.413 e. The van der Waals surface area contributed by atoms with Crippen molar-refractivity contribution in [2.24, 2.45) is 0 Å². The van der Waals surface area contributed by atoms with Gasteiger partial charge in [0.2, 0.25) is 5.95 Å². The average Bonchev–Trinajstić information content (AvgIpc) is 3.52. The molecule has 13 heteroatoms. The number of carboxylic acids is 1. The molecule has 0 aliphatic carbocycles. The van der Waals surface area contributed by atoms with Crippen molar-refractivity contribution in [2.45, 2.75) is 64.6 Å². The van der Waals surface area contributed by atoms with Crippen LogP contribution in [-0.4, -0.2) is 72.1 Å². The monoisotopic (exact) mass is 710 g/mol. The quantitative estimate of drug-likeness (QED) is 0.106. The minimum Gasteiger partial charge on any atom is -0.496 e. The molecule has 12 nitrogen and oxygen atoms in total. The van der Waals surface area contributed by atoms with Gasteiger partial charge in [-0.3, -0.25) is 10.00 Å². The summed E-state index contributed by atoms with van der Waals surface area (Å²) in [6.45, 7) is 9.59. The molecule has 3 N–H and O–H groups in total. The first-order valence-corrected chi connectivity index (χ1v) is 18.9. The first-order chi connectivity index (χ1) is 24.5. The zero-order valence-electron chi connectivity index (χ0n) is 30.0. The van der Waals surface area contributed by atoms with Crippen LogP contribution in [0.1, 0.15) is 62.9 Å². The van der Waals surface area contributed by atoms with Crippen molar-refractivity contribution in [2.75, 3.05) is 31.5 Å². The number of fused-ring (bicyclic) bond motifs is 1. The van der Waals surface area contributed by atoms with Gasteiger partial charge in [-0.15, -0.1) is 0 Å². The topological polar surface area (TPSA) is 150 Å². The van der Waals surface area contributed by atoms with E-state index in [1.165, 1.54) is 30.7 Å². The second kappa shape index (κ2) is 16.2. The Labute approximate surface area is 299 Å². The number of nitrogens with zero attached hydrogens (tertiary/aromatic N) is 4. The van der Waals surface area contributed by atoms with E-state index < -0.39 is 20.4 Å². The Balaban J connectivity index is 1.50. The Morgan fingerprint density at radius 3 is 2.18 bits per heavy atom. The number of nitrogens with one attached hydrogen (secondary N) is 2. The highest BCUT2D eigenvalue weighted by Gasteiger charge is 2.50. The first kappa shape index (κ1) is 37.0. The molecule has 5 aromatic rings. The molecule has 0 fully saturated rings. The molecule has 2 aromatic heterocycles. The second-order valence-corrected chi connectivity index (χ2v) is 17.6. The largest absolute Gasteiger partial charge is 0.496 e. The van der Waals surface area contributed by atoms with E-state index in [1.807, 2.05) is 12.1 Å². The zero-order valence-corrected chi connectivity index (χ0v) is 31.0. The molecule has 0 bridgehead atoms. The van der Waals surface area contributed by atoms with E-state index in [2.05, 4.69) is 96.9 Å². The van der Waals surface area contributed by atoms with Crippen LogP contribution in [-0.2, 0) is 15.7 Å². The van der Waals surface area contributed by atoms with Crippen LogP contribution < -0.4 is 25.7 Å². The number of hydrogen-bond donors (Lipinski definition) is 3. The summed E-state index contributed by atoms with van der Waals surface area (Å²) in [5.74, 6) is -0.00893. The summed E-state index contributed by atoms with van der Waals surface area (Å²) < 4.78 is 19.3. The standard InChI is InChI=1S/C38H46N6O6Si/c1-7-14-28(21-22-50-51(38(2,3)4,29-15-10-8-11-16-29)30-17-12-9-13-18-30)40-34-33-31(41-36(42-34)43-37(47)49-6)24-39-44(33)25-27-23-26(35(45)46)19-20-32(27)48-5/h8-13,15-20,23-24,28H,7,14,21-22,25H2,1-6H3,(H,45,46)(H2,40,41,42,43,47)/t28-/m0/s1. The van der Waals surface area contributed by atoms with E-state index >= 15 is 0 Å². The fraction of sp³-hybridized carbons (Fsp3) is 0.342. The fourth-order valence-corrected chi connectivity index (χ4v) is 11.1. The Morgan fingerprint density at radius 1 is 0.941 bits per heavy atom. The normalized spacial score (nSPS) is 12.4. The fourth-order valence-electron chi connectivity index (χ4n) is 6.56. The Bertz CT molecular complexity index is 1910. The van der Waals surface area contributed by atoms with Crippen LogP contribution in [0.15, 0.2) is 85.1 Å². The van der Waals surface area contributed by atoms with E-state index in [4.69, 9.17) is 18.9 Å². The van der Waals surface area contributed by atoms with Gasteiger partial charge in [-0.25, -0.2) is 14.6 Å². The SMILES string of the molecule is CCC[C@@H](CCO[Si](c1ccccc1)(c1ccccc1)C(C)(C)C)Nc1nc(NC(=O)OC)nc2cnn(Cc3cc(C(=O)O)ccc3OC)c12. The molecule has 1 atom stereocenters. The van der Waals surface area contributed by atoms with Crippen LogP contribution >= 0.6 is 0 Å². The summed E-state index contributed by atoms with van der Waals surface area (Å²) in [6, 6.07) is 25.7. The third kappa shape index (κ3) is 8.21. The predicted molar refractivity (Wildman–Crippen MR) is 201 cm³/mol. The molecule has 0 aliphatic heterocycles. The van der Waals surface area contributed by atoms with Crippen molar-refractivity contribution in [1.82, 2.24) is 19.7 Å². The molecule has 5 rings (SSSR count). The van der Waals surface area contributed by atoms with E-state index in [0.717, 1.165) is 12.8 Å². The van der Waals surface area contributed by atoms with Crippen molar-refractivity contribution in [1.29, 1.82) is 0 Å². The summed E-state index contributed by atoms with van der Waals surface area (Å²) in [5, 5.41) is 22.7. The lowest BCUT2D eigenvalue weighted by molar-refractivity contribution is 0.0696. The third-order valence-electron chi connectivity index (χ3n) is 8.91. The van der Waals surface area contributed by atoms with Gasteiger partial charge in [0.25, 0.3) is 8.32 Å². The number of methoxy groups -OCH3 is 2. The number of hydrogen-bond acceptors (Lipinski definition) is 9. The summed E-state index contributed by atoms with van der Waals surface area (Å²) in [7, 11) is 0.0516. The Morgan fingerprint density at radius 2 is 1.61 bits per heavy atom. The van der Waals surface area contributed by atoms with Crippen LogP contribution in [0.5, 0.6) is 5.75 Å². The lowest BCUT2D eigenvalue weighted by Gasteiger charge is -2.43.